The number of piperazine rings is 1. The van der Waals surface area contributed by atoms with Gasteiger partial charge in [-0.1, -0.05) is 54.1 Å². The normalized spacial score (nSPS) is 19.2. The van der Waals surface area contributed by atoms with Crippen LogP contribution in [0.2, 0.25) is 0 Å². The molecule has 1 fully saturated rings. The molecule has 0 aromatic heterocycles. The van der Waals surface area contributed by atoms with Gasteiger partial charge in [-0.25, -0.2) is 0 Å². The van der Waals surface area contributed by atoms with Gasteiger partial charge in [0, 0.05) is 13.1 Å². The van der Waals surface area contributed by atoms with Crippen molar-refractivity contribution in [3.63, 3.8) is 0 Å². The third-order valence-corrected chi connectivity index (χ3v) is 6.51. The van der Waals surface area contributed by atoms with E-state index in [9.17, 15) is 9.59 Å². The molecule has 2 aliphatic rings. The zero-order chi connectivity index (χ0) is 22.3. The summed E-state index contributed by atoms with van der Waals surface area (Å²) in [6.45, 7) is 1.28. The van der Waals surface area contributed by atoms with Crippen LogP contribution in [0.4, 0.5) is 0 Å². The summed E-state index contributed by atoms with van der Waals surface area (Å²) in [5.74, 6) is 0.765. The zero-order valence-corrected chi connectivity index (χ0v) is 18.8. The van der Waals surface area contributed by atoms with Crippen LogP contribution < -0.4 is 4.74 Å². The molecule has 1 aliphatic heterocycles. The van der Waals surface area contributed by atoms with Gasteiger partial charge in [0.05, 0.1) is 13.7 Å². The fraction of sp³-hybridized carbons (Fsp3) is 0.407. The maximum Gasteiger partial charge on any atom is 0.250 e. The Hall–Kier alpha value is -3.08. The largest absolute Gasteiger partial charge is 0.497 e. The van der Waals surface area contributed by atoms with Crippen molar-refractivity contribution >= 4 is 11.8 Å². The lowest BCUT2D eigenvalue weighted by molar-refractivity contribution is -0.156. The molecule has 0 radical (unpaired) electrons. The van der Waals surface area contributed by atoms with E-state index in [-0.39, 0.29) is 18.4 Å². The second-order valence-corrected chi connectivity index (χ2v) is 8.62. The highest BCUT2D eigenvalue weighted by molar-refractivity contribution is 5.95. The highest BCUT2D eigenvalue weighted by Crippen LogP contribution is 2.30. The maximum absolute atomic E-state index is 13.6. The number of hydrogen-bond acceptors (Lipinski definition) is 3. The van der Waals surface area contributed by atoms with E-state index in [1.807, 2.05) is 42.5 Å². The molecule has 4 rings (SSSR count). The SMILES string of the molecule is COc1ccc(C2C(=O)N(CCc3ccccc3)CC(=O)N2CCC2=CCCCC2)cc1. The molecule has 5 heteroatoms. The van der Waals surface area contributed by atoms with Crippen LogP contribution in [0.25, 0.3) is 0 Å². The number of allylic oxidation sites excluding steroid dienone is 1. The Morgan fingerprint density at radius 2 is 1.72 bits per heavy atom. The molecular formula is C27H32N2O3. The van der Waals surface area contributed by atoms with Gasteiger partial charge < -0.3 is 14.5 Å². The fourth-order valence-corrected chi connectivity index (χ4v) is 4.64. The number of carbonyl (C=O) groups excluding carboxylic acids is 2. The number of amides is 2. The maximum atomic E-state index is 13.6. The Morgan fingerprint density at radius 3 is 2.41 bits per heavy atom. The first kappa shape index (κ1) is 22.1. The van der Waals surface area contributed by atoms with Crippen LogP contribution >= 0.6 is 0 Å². The van der Waals surface area contributed by atoms with Crippen LogP contribution in [0.3, 0.4) is 0 Å². The molecule has 2 amide bonds. The summed E-state index contributed by atoms with van der Waals surface area (Å²) in [4.78, 5) is 30.3. The summed E-state index contributed by atoms with van der Waals surface area (Å²) >= 11 is 0. The lowest BCUT2D eigenvalue weighted by Crippen LogP contribution is -2.56. The Balaban J connectivity index is 1.53. The standard InChI is InChI=1S/C27H32N2O3/c1-32-24-14-12-23(13-15-24)26-27(31)28(18-16-21-8-4-2-5-9-21)20-25(30)29(26)19-17-22-10-6-3-7-11-22/h2,4-5,8-10,12-15,26H,3,6-7,11,16-20H2,1H3. The fourth-order valence-electron chi connectivity index (χ4n) is 4.64. The second-order valence-electron chi connectivity index (χ2n) is 8.62. The van der Waals surface area contributed by atoms with Crippen LogP contribution in [0.15, 0.2) is 66.2 Å². The van der Waals surface area contributed by atoms with E-state index in [2.05, 4.69) is 18.2 Å². The first-order chi connectivity index (χ1) is 15.7. The summed E-state index contributed by atoms with van der Waals surface area (Å²) in [6.07, 6.45) is 8.58. The number of hydrogen-bond donors (Lipinski definition) is 0. The topological polar surface area (TPSA) is 49.9 Å². The Morgan fingerprint density at radius 1 is 0.938 bits per heavy atom. The highest BCUT2D eigenvalue weighted by atomic mass is 16.5. The van der Waals surface area contributed by atoms with Crippen molar-refractivity contribution in [1.29, 1.82) is 0 Å². The summed E-state index contributed by atoms with van der Waals surface area (Å²) in [5, 5.41) is 0. The van der Waals surface area contributed by atoms with Gasteiger partial charge in [-0.05, 0) is 61.8 Å². The van der Waals surface area contributed by atoms with E-state index < -0.39 is 6.04 Å². The molecule has 0 saturated carbocycles. The van der Waals surface area contributed by atoms with Gasteiger partial charge in [0.25, 0.3) is 0 Å². The summed E-state index contributed by atoms with van der Waals surface area (Å²) in [6, 6.07) is 17.0. The molecule has 1 heterocycles. The summed E-state index contributed by atoms with van der Waals surface area (Å²) < 4.78 is 5.28. The van der Waals surface area contributed by atoms with E-state index in [4.69, 9.17) is 4.74 Å². The molecule has 1 saturated heterocycles. The minimum atomic E-state index is -0.581. The molecule has 168 valence electrons. The molecule has 32 heavy (non-hydrogen) atoms. The van der Waals surface area contributed by atoms with Crippen LogP contribution in [0.5, 0.6) is 5.75 Å². The summed E-state index contributed by atoms with van der Waals surface area (Å²) in [7, 11) is 1.62. The van der Waals surface area contributed by atoms with Gasteiger partial charge in [-0.15, -0.1) is 0 Å². The molecule has 2 aromatic carbocycles. The van der Waals surface area contributed by atoms with E-state index in [1.165, 1.54) is 24.0 Å². The van der Waals surface area contributed by atoms with E-state index in [0.29, 0.717) is 13.1 Å². The molecule has 5 nitrogen and oxygen atoms in total. The van der Waals surface area contributed by atoms with Gasteiger partial charge in [0.1, 0.15) is 11.8 Å². The first-order valence-corrected chi connectivity index (χ1v) is 11.6. The molecule has 1 unspecified atom stereocenters. The van der Waals surface area contributed by atoms with Crippen molar-refractivity contribution < 1.29 is 14.3 Å². The van der Waals surface area contributed by atoms with E-state index in [0.717, 1.165) is 37.0 Å². The molecule has 0 N–H and O–H groups in total. The molecule has 2 aromatic rings. The van der Waals surface area contributed by atoms with Gasteiger partial charge in [0.2, 0.25) is 11.8 Å². The number of ether oxygens (including phenoxy) is 1. The molecule has 1 atom stereocenters. The van der Waals surface area contributed by atoms with Crippen molar-refractivity contribution in [2.45, 2.75) is 44.6 Å². The van der Waals surface area contributed by atoms with E-state index in [1.54, 1.807) is 16.9 Å². The average Bonchev–Trinajstić information content (AvgIpc) is 2.84. The predicted molar refractivity (Wildman–Crippen MR) is 125 cm³/mol. The minimum Gasteiger partial charge on any atom is -0.497 e. The molecule has 1 aliphatic carbocycles. The third kappa shape index (κ3) is 5.21. The van der Waals surface area contributed by atoms with Gasteiger partial charge in [-0.2, -0.15) is 0 Å². The highest BCUT2D eigenvalue weighted by Gasteiger charge is 2.39. The first-order valence-electron chi connectivity index (χ1n) is 11.6. The van der Waals surface area contributed by atoms with Crippen LogP contribution in [0, 0.1) is 0 Å². The predicted octanol–water partition coefficient (Wildman–Crippen LogP) is 4.54. The van der Waals surface area contributed by atoms with Crippen molar-refractivity contribution in [3.8, 4) is 5.75 Å². The van der Waals surface area contributed by atoms with Crippen LogP contribution in [-0.2, 0) is 16.0 Å². The Kier molecular flexibility index (Phi) is 7.25. The van der Waals surface area contributed by atoms with Gasteiger partial charge >= 0.3 is 0 Å². The van der Waals surface area contributed by atoms with Gasteiger partial charge in [0.15, 0.2) is 0 Å². The minimum absolute atomic E-state index is 0.00308. The number of methoxy groups -OCH3 is 1. The van der Waals surface area contributed by atoms with Crippen molar-refractivity contribution in [2.75, 3.05) is 26.7 Å². The zero-order valence-electron chi connectivity index (χ0n) is 18.8. The van der Waals surface area contributed by atoms with Gasteiger partial charge in [-0.3, -0.25) is 9.59 Å². The molecule has 0 spiro atoms. The van der Waals surface area contributed by atoms with E-state index >= 15 is 0 Å². The van der Waals surface area contributed by atoms with Crippen LogP contribution in [0.1, 0.15) is 49.3 Å². The number of nitrogens with zero attached hydrogens (tertiary/aromatic N) is 2. The smallest absolute Gasteiger partial charge is 0.250 e. The lowest BCUT2D eigenvalue weighted by Gasteiger charge is -2.41. The second kappa shape index (κ2) is 10.5. The number of benzene rings is 2. The third-order valence-electron chi connectivity index (χ3n) is 6.51. The van der Waals surface area contributed by atoms with Crippen molar-refractivity contribution in [3.05, 3.63) is 77.4 Å². The number of carbonyl (C=O) groups is 2. The summed E-state index contributed by atoms with van der Waals surface area (Å²) in [5.41, 5.74) is 3.42. The van der Waals surface area contributed by atoms with Crippen molar-refractivity contribution in [1.82, 2.24) is 9.80 Å². The monoisotopic (exact) mass is 432 g/mol. The molecular weight excluding hydrogens is 400 g/mol. The number of rotatable bonds is 8. The Bertz CT molecular complexity index is 953. The molecule has 0 bridgehead atoms. The quantitative estimate of drug-likeness (QED) is 0.576. The lowest BCUT2D eigenvalue weighted by atomic mass is 9.95. The average molecular weight is 433 g/mol. The van der Waals surface area contributed by atoms with Crippen LogP contribution in [-0.4, -0.2) is 48.4 Å². The Labute approximate surface area is 190 Å². The van der Waals surface area contributed by atoms with Crippen molar-refractivity contribution in [2.24, 2.45) is 0 Å².